The Morgan fingerprint density at radius 1 is 1.11 bits per heavy atom. The van der Waals surface area contributed by atoms with Gasteiger partial charge in [0, 0.05) is 38.8 Å². The summed E-state index contributed by atoms with van der Waals surface area (Å²) in [6, 6.07) is 13.1. The molecule has 0 aliphatic heterocycles. The Bertz CT molecular complexity index is 1030. The quantitative estimate of drug-likeness (QED) is 0.608. The van der Waals surface area contributed by atoms with Gasteiger partial charge in [0.2, 0.25) is 5.91 Å². The van der Waals surface area contributed by atoms with Crippen LogP contribution >= 0.6 is 11.6 Å². The highest BCUT2D eigenvalue weighted by atomic mass is 35.5. The SMILES string of the molecule is Cc1ccc(NC(=O)Cn2cc(C(=O)C(C)(C)C)c3ccccc32)cc1Cl. The van der Waals surface area contributed by atoms with E-state index in [9.17, 15) is 9.59 Å². The molecule has 4 nitrogen and oxygen atoms in total. The Labute approximate surface area is 164 Å². The normalized spacial score (nSPS) is 11.6. The minimum Gasteiger partial charge on any atom is -0.337 e. The summed E-state index contributed by atoms with van der Waals surface area (Å²) < 4.78 is 1.82. The Hall–Kier alpha value is -2.59. The number of nitrogens with one attached hydrogen (secondary N) is 1. The first-order valence-electron chi connectivity index (χ1n) is 8.85. The van der Waals surface area contributed by atoms with Crippen LogP contribution in [0.5, 0.6) is 0 Å². The lowest BCUT2D eigenvalue weighted by Gasteiger charge is -2.15. The molecule has 5 heteroatoms. The highest BCUT2D eigenvalue weighted by molar-refractivity contribution is 6.31. The van der Waals surface area contributed by atoms with Crippen LogP contribution in [0.3, 0.4) is 0 Å². The van der Waals surface area contributed by atoms with Crippen molar-refractivity contribution in [2.24, 2.45) is 5.41 Å². The summed E-state index contributed by atoms with van der Waals surface area (Å²) >= 11 is 6.12. The molecule has 140 valence electrons. The lowest BCUT2D eigenvalue weighted by Crippen LogP contribution is -2.20. The number of amides is 1. The lowest BCUT2D eigenvalue weighted by molar-refractivity contribution is -0.116. The molecule has 1 heterocycles. The molecule has 27 heavy (non-hydrogen) atoms. The number of para-hydroxylation sites is 1. The van der Waals surface area contributed by atoms with Gasteiger partial charge in [-0.2, -0.15) is 0 Å². The molecule has 1 aromatic heterocycles. The van der Waals surface area contributed by atoms with Gasteiger partial charge >= 0.3 is 0 Å². The summed E-state index contributed by atoms with van der Waals surface area (Å²) in [4.78, 5) is 25.3. The van der Waals surface area contributed by atoms with E-state index < -0.39 is 5.41 Å². The molecule has 3 aromatic rings. The summed E-state index contributed by atoms with van der Waals surface area (Å²) in [5, 5.41) is 4.34. The first kappa shape index (κ1) is 19.2. The average molecular weight is 383 g/mol. The lowest BCUT2D eigenvalue weighted by atomic mass is 9.86. The van der Waals surface area contributed by atoms with Gasteiger partial charge in [0.15, 0.2) is 5.78 Å². The maximum absolute atomic E-state index is 12.8. The summed E-state index contributed by atoms with van der Waals surface area (Å²) in [6.07, 6.45) is 1.78. The van der Waals surface area contributed by atoms with Crippen LogP contribution < -0.4 is 5.32 Å². The molecule has 1 N–H and O–H groups in total. The van der Waals surface area contributed by atoms with Gasteiger partial charge in [-0.25, -0.2) is 0 Å². The highest BCUT2D eigenvalue weighted by Gasteiger charge is 2.26. The molecule has 0 aliphatic carbocycles. The number of rotatable bonds is 4. The Morgan fingerprint density at radius 2 is 1.81 bits per heavy atom. The van der Waals surface area contributed by atoms with Crippen molar-refractivity contribution >= 4 is 39.9 Å². The van der Waals surface area contributed by atoms with E-state index in [1.54, 1.807) is 12.3 Å². The van der Waals surface area contributed by atoms with Crippen molar-refractivity contribution in [1.29, 1.82) is 0 Å². The average Bonchev–Trinajstić information content (AvgIpc) is 2.95. The first-order chi connectivity index (χ1) is 12.7. The standard InChI is InChI=1S/C22H23ClN2O2/c1-14-9-10-15(11-18(14)23)24-20(26)13-25-12-17(21(27)22(2,3)4)16-7-5-6-8-19(16)25/h5-12H,13H2,1-4H3,(H,24,26). The van der Waals surface area contributed by atoms with Crippen LogP contribution in [-0.2, 0) is 11.3 Å². The third-order valence-corrected chi connectivity index (χ3v) is 4.89. The molecule has 0 atom stereocenters. The maximum Gasteiger partial charge on any atom is 0.244 e. The number of nitrogens with zero attached hydrogens (tertiary/aromatic N) is 1. The van der Waals surface area contributed by atoms with E-state index >= 15 is 0 Å². The molecule has 1 amide bonds. The molecule has 0 unspecified atom stereocenters. The summed E-state index contributed by atoms with van der Waals surface area (Å²) in [5.41, 5.74) is 2.62. The van der Waals surface area contributed by atoms with Gasteiger partial charge in [0.1, 0.15) is 6.54 Å². The Morgan fingerprint density at radius 3 is 2.48 bits per heavy atom. The van der Waals surface area contributed by atoms with Crippen LogP contribution in [0.2, 0.25) is 5.02 Å². The van der Waals surface area contributed by atoms with Crippen LogP contribution in [0.1, 0.15) is 36.7 Å². The van der Waals surface area contributed by atoms with Crippen LogP contribution in [0.15, 0.2) is 48.7 Å². The van der Waals surface area contributed by atoms with Gasteiger partial charge in [-0.05, 0) is 30.7 Å². The second-order valence-corrected chi connectivity index (χ2v) is 8.19. The fourth-order valence-corrected chi connectivity index (χ4v) is 3.17. The van der Waals surface area contributed by atoms with Gasteiger partial charge in [-0.15, -0.1) is 0 Å². The zero-order valence-electron chi connectivity index (χ0n) is 16.0. The number of benzene rings is 2. The molecule has 0 spiro atoms. The number of aryl methyl sites for hydroxylation is 1. The summed E-state index contributed by atoms with van der Waals surface area (Å²) in [7, 11) is 0. The number of carbonyl (C=O) groups excluding carboxylic acids is 2. The van der Waals surface area contributed by atoms with Crippen LogP contribution in [0.25, 0.3) is 10.9 Å². The Kier molecular flexibility index (Phi) is 5.11. The van der Waals surface area contributed by atoms with Crippen molar-refractivity contribution in [3.63, 3.8) is 0 Å². The second-order valence-electron chi connectivity index (χ2n) is 7.78. The van der Waals surface area contributed by atoms with Crippen LogP contribution in [0, 0.1) is 12.3 Å². The fourth-order valence-electron chi connectivity index (χ4n) is 2.99. The molecule has 0 aliphatic rings. The minimum absolute atomic E-state index is 0.0585. The van der Waals surface area contributed by atoms with Gasteiger partial charge in [-0.1, -0.05) is 56.6 Å². The first-order valence-corrected chi connectivity index (χ1v) is 9.23. The third-order valence-electron chi connectivity index (χ3n) is 4.48. The monoisotopic (exact) mass is 382 g/mol. The molecule has 0 fully saturated rings. The van der Waals surface area contributed by atoms with Gasteiger partial charge in [0.25, 0.3) is 0 Å². The fraction of sp³-hybridized carbons (Fsp3) is 0.273. The number of ketones is 1. The number of aromatic nitrogens is 1. The van der Waals surface area contributed by atoms with Crippen LogP contribution in [-0.4, -0.2) is 16.3 Å². The van der Waals surface area contributed by atoms with E-state index in [0.717, 1.165) is 16.5 Å². The van der Waals surface area contributed by atoms with E-state index in [1.807, 2.05) is 68.7 Å². The number of anilines is 1. The number of fused-ring (bicyclic) bond motifs is 1. The summed E-state index contributed by atoms with van der Waals surface area (Å²) in [5.74, 6) is -0.117. The van der Waals surface area contributed by atoms with Crippen LogP contribution in [0.4, 0.5) is 5.69 Å². The number of hydrogen-bond acceptors (Lipinski definition) is 2. The molecule has 0 radical (unpaired) electrons. The van der Waals surface area contributed by atoms with E-state index in [2.05, 4.69) is 5.32 Å². The highest BCUT2D eigenvalue weighted by Crippen LogP contribution is 2.28. The van der Waals surface area contributed by atoms with E-state index in [0.29, 0.717) is 16.3 Å². The minimum atomic E-state index is -0.490. The van der Waals surface area contributed by atoms with E-state index in [1.165, 1.54) is 0 Å². The van der Waals surface area contributed by atoms with Crippen molar-refractivity contribution in [2.45, 2.75) is 34.2 Å². The number of Topliss-reactive ketones (excluding diaryl/α,β-unsaturated/α-hetero) is 1. The molecular formula is C22H23ClN2O2. The number of carbonyl (C=O) groups is 2. The third kappa shape index (κ3) is 4.06. The van der Waals surface area contributed by atoms with Gasteiger partial charge in [0.05, 0.1) is 0 Å². The van der Waals surface area contributed by atoms with Gasteiger partial charge < -0.3 is 9.88 Å². The zero-order valence-corrected chi connectivity index (χ0v) is 16.7. The van der Waals surface area contributed by atoms with E-state index in [4.69, 9.17) is 11.6 Å². The molecule has 3 rings (SSSR count). The van der Waals surface area contributed by atoms with Crippen molar-refractivity contribution in [1.82, 2.24) is 4.57 Å². The molecule has 0 saturated heterocycles. The molecule has 2 aromatic carbocycles. The van der Waals surface area contributed by atoms with Crippen molar-refractivity contribution in [3.05, 3.63) is 64.8 Å². The largest absolute Gasteiger partial charge is 0.337 e. The van der Waals surface area contributed by atoms with Gasteiger partial charge in [-0.3, -0.25) is 9.59 Å². The smallest absolute Gasteiger partial charge is 0.244 e. The number of halogens is 1. The molecular weight excluding hydrogens is 360 g/mol. The zero-order chi connectivity index (χ0) is 19.8. The van der Waals surface area contributed by atoms with Crippen molar-refractivity contribution in [3.8, 4) is 0 Å². The predicted molar refractivity (Wildman–Crippen MR) is 111 cm³/mol. The summed E-state index contributed by atoms with van der Waals surface area (Å²) in [6.45, 7) is 7.72. The Balaban J connectivity index is 1.89. The number of hydrogen-bond donors (Lipinski definition) is 1. The topological polar surface area (TPSA) is 51.1 Å². The van der Waals surface area contributed by atoms with Crippen molar-refractivity contribution in [2.75, 3.05) is 5.32 Å². The predicted octanol–water partition coefficient (Wildman–Crippen LogP) is 5.47. The van der Waals surface area contributed by atoms with E-state index in [-0.39, 0.29) is 18.2 Å². The molecule has 0 bridgehead atoms. The maximum atomic E-state index is 12.8. The second kappa shape index (κ2) is 7.20. The van der Waals surface area contributed by atoms with Crippen molar-refractivity contribution < 1.29 is 9.59 Å². The molecule has 0 saturated carbocycles.